The van der Waals surface area contributed by atoms with Crippen molar-refractivity contribution in [2.75, 3.05) is 9.86 Å². The van der Waals surface area contributed by atoms with Crippen molar-refractivity contribution < 1.29 is 16.2 Å². The van der Waals surface area contributed by atoms with Gasteiger partial charge in [0, 0.05) is 0 Å². The van der Waals surface area contributed by atoms with Gasteiger partial charge in [0.1, 0.15) is 0 Å². The van der Waals surface area contributed by atoms with Gasteiger partial charge in [0.25, 0.3) is 0 Å². The van der Waals surface area contributed by atoms with E-state index in [0.717, 1.165) is 12.1 Å². The van der Waals surface area contributed by atoms with E-state index in [4.69, 9.17) is 3.07 Å². The molecule has 0 saturated heterocycles. The average molecular weight is 318 g/mol. The molecule has 0 aromatic heterocycles. The second-order valence-corrected chi connectivity index (χ2v) is 7.15. The first-order valence-electron chi connectivity index (χ1n) is 3.75. The summed E-state index contributed by atoms with van der Waals surface area (Å²) in [6.45, 7) is 0. The van der Waals surface area contributed by atoms with E-state index in [0.29, 0.717) is 5.75 Å². The van der Waals surface area contributed by atoms with Crippen LogP contribution in [-0.4, -0.2) is 9.86 Å². The number of hydrogen-bond donors (Lipinski definition) is 0. The Labute approximate surface area is 88.2 Å². The predicted octanol–water partition coefficient (Wildman–Crippen LogP) is 3.77. The van der Waals surface area contributed by atoms with Gasteiger partial charge < -0.3 is 0 Å². The molecule has 0 spiro atoms. The fourth-order valence-electron chi connectivity index (χ4n) is 0.899. The first kappa shape index (κ1) is 11.6. The summed E-state index contributed by atoms with van der Waals surface area (Å²) < 4.78 is 42.1. The van der Waals surface area contributed by atoms with Gasteiger partial charge in [0.05, 0.1) is 0 Å². The second kappa shape index (κ2) is 4.37. The molecule has 1 rings (SSSR count). The Morgan fingerprint density at radius 3 is 2.36 bits per heavy atom. The van der Waals surface area contributed by atoms with Crippen molar-refractivity contribution in [2.45, 2.75) is 6.18 Å². The van der Waals surface area contributed by atoms with E-state index in [2.05, 4.69) is 0 Å². The molecule has 0 bridgehead atoms. The van der Waals surface area contributed by atoms with Gasteiger partial charge in [-0.2, -0.15) is 0 Å². The Bertz CT molecular complexity index is 309. The van der Waals surface area contributed by atoms with Crippen LogP contribution < -0.4 is 3.07 Å². The Morgan fingerprint density at radius 1 is 1.21 bits per heavy atom. The average Bonchev–Trinajstić information content (AvgIpc) is 2.01. The number of benzene rings is 1. The normalized spacial score (nSPS) is 12.5. The summed E-state index contributed by atoms with van der Waals surface area (Å²) in [5.41, 5.74) is -0.660. The molecule has 5 heteroatoms. The summed E-state index contributed by atoms with van der Waals surface area (Å²) in [4.78, 5) is 3.84. The molecule has 0 aliphatic heterocycles. The van der Waals surface area contributed by atoms with Crippen LogP contribution in [0, 0.1) is 0 Å². The summed E-state index contributed by atoms with van der Waals surface area (Å²) in [5.74, 6) is 0.315. The monoisotopic (exact) mass is 318 g/mol. The van der Waals surface area contributed by atoms with E-state index in [1.807, 2.05) is 9.86 Å². The molecule has 1 nitrogen and oxygen atoms in total. The van der Waals surface area contributed by atoms with Crippen molar-refractivity contribution in [3.05, 3.63) is 29.8 Å². The van der Waals surface area contributed by atoms with Crippen molar-refractivity contribution in [2.24, 2.45) is 0 Å². The third-order valence-electron chi connectivity index (χ3n) is 1.40. The fraction of sp³-hybridized carbons (Fsp3) is 0.333. The van der Waals surface area contributed by atoms with E-state index in [9.17, 15) is 13.2 Å². The molecule has 0 aliphatic carbocycles. The summed E-state index contributed by atoms with van der Waals surface area (Å²) in [6, 6.07) is 4.98. The number of alkyl halides is 5. The summed E-state index contributed by atoms with van der Waals surface area (Å²) in [7, 11) is 0. The van der Waals surface area contributed by atoms with Crippen LogP contribution in [0.15, 0.2) is 24.3 Å². The van der Waals surface area contributed by atoms with Gasteiger partial charge >= 0.3 is 88.1 Å². The van der Waals surface area contributed by atoms with Gasteiger partial charge in [-0.25, -0.2) is 0 Å². The molecular formula is C9H10F3IO. The second-order valence-electron chi connectivity index (χ2n) is 2.79. The molecule has 0 fully saturated rings. The molecule has 1 aromatic carbocycles. The maximum atomic E-state index is 12.3. The Morgan fingerprint density at radius 2 is 1.86 bits per heavy atom. The summed E-state index contributed by atoms with van der Waals surface area (Å²) in [5, 5.41) is 0. The zero-order chi connectivity index (χ0) is 10.8. The van der Waals surface area contributed by atoms with Gasteiger partial charge in [0.2, 0.25) is 0 Å². The molecule has 0 amide bonds. The molecule has 0 radical (unpaired) electrons. The van der Waals surface area contributed by atoms with Crippen LogP contribution in [0.2, 0.25) is 0 Å². The van der Waals surface area contributed by atoms with E-state index in [-0.39, 0.29) is 0 Å². The van der Waals surface area contributed by atoms with Gasteiger partial charge in [-0.05, 0) is 0 Å². The van der Waals surface area contributed by atoms with E-state index in [1.165, 1.54) is 6.07 Å². The van der Waals surface area contributed by atoms with Crippen molar-refractivity contribution in [3.8, 4) is 5.75 Å². The molecule has 1 aromatic rings. The van der Waals surface area contributed by atoms with Crippen molar-refractivity contribution in [1.29, 1.82) is 0 Å². The van der Waals surface area contributed by atoms with Gasteiger partial charge in [-0.15, -0.1) is 0 Å². The van der Waals surface area contributed by atoms with E-state index < -0.39 is 32.0 Å². The van der Waals surface area contributed by atoms with Crippen molar-refractivity contribution in [3.63, 3.8) is 0 Å². The Kier molecular flexibility index (Phi) is 3.63. The minimum absolute atomic E-state index is 0.315. The van der Waals surface area contributed by atoms with Crippen LogP contribution in [0.5, 0.6) is 5.75 Å². The minimum atomic E-state index is -4.29. The maximum absolute atomic E-state index is 12.3. The SMILES string of the molecule is CI(C)Oc1cccc(C(F)(F)F)c1. The third-order valence-corrected chi connectivity index (χ3v) is 2.79. The molecular weight excluding hydrogens is 308 g/mol. The predicted molar refractivity (Wildman–Crippen MR) is 57.9 cm³/mol. The van der Waals surface area contributed by atoms with E-state index >= 15 is 0 Å². The molecule has 0 heterocycles. The van der Waals surface area contributed by atoms with Crippen LogP contribution in [0.3, 0.4) is 0 Å². The first-order valence-corrected chi connectivity index (χ1v) is 8.95. The molecule has 0 saturated carbocycles. The van der Waals surface area contributed by atoms with Crippen LogP contribution >= 0.6 is 20.2 Å². The number of hydrogen-bond acceptors (Lipinski definition) is 1. The van der Waals surface area contributed by atoms with Gasteiger partial charge in [-0.1, -0.05) is 0 Å². The standard InChI is InChI=1S/C9H10F3IO/c1-13(2)14-8-5-3-4-7(6-8)9(10,11)12/h3-6H,1-2H3. The summed E-state index contributed by atoms with van der Waals surface area (Å²) >= 11 is -1.49. The van der Waals surface area contributed by atoms with Gasteiger partial charge in [0.15, 0.2) is 0 Å². The molecule has 80 valence electrons. The Hall–Kier alpha value is -0.460. The fourth-order valence-corrected chi connectivity index (χ4v) is 2.19. The zero-order valence-electron chi connectivity index (χ0n) is 7.73. The van der Waals surface area contributed by atoms with Crippen molar-refractivity contribution in [1.82, 2.24) is 0 Å². The molecule has 14 heavy (non-hydrogen) atoms. The molecule has 0 unspecified atom stereocenters. The van der Waals surface area contributed by atoms with E-state index in [1.54, 1.807) is 6.07 Å². The third kappa shape index (κ3) is 3.36. The first-order chi connectivity index (χ1) is 6.39. The van der Waals surface area contributed by atoms with Crippen molar-refractivity contribution >= 4 is 20.2 Å². The molecule has 0 N–H and O–H groups in total. The molecule has 0 atom stereocenters. The Balaban J connectivity index is 2.90. The van der Waals surface area contributed by atoms with Crippen LogP contribution in [-0.2, 0) is 6.18 Å². The van der Waals surface area contributed by atoms with Gasteiger partial charge in [-0.3, -0.25) is 0 Å². The van der Waals surface area contributed by atoms with Crippen LogP contribution in [0.4, 0.5) is 13.2 Å². The topological polar surface area (TPSA) is 9.23 Å². The quantitative estimate of drug-likeness (QED) is 0.596. The summed E-state index contributed by atoms with van der Waals surface area (Å²) in [6.07, 6.45) is -4.29. The number of rotatable bonds is 2. The van der Waals surface area contributed by atoms with Crippen LogP contribution in [0.25, 0.3) is 0 Å². The van der Waals surface area contributed by atoms with Crippen LogP contribution in [0.1, 0.15) is 5.56 Å². The number of halogens is 4. The molecule has 0 aliphatic rings. The zero-order valence-corrected chi connectivity index (χ0v) is 9.89.